The number of nitrogens with zero attached hydrogens (tertiary/aromatic N) is 1. The van der Waals surface area contributed by atoms with Crippen molar-refractivity contribution in [1.29, 1.82) is 0 Å². The molecule has 1 unspecified atom stereocenters. The third-order valence-electron chi connectivity index (χ3n) is 3.83. The molecule has 0 radical (unpaired) electrons. The van der Waals surface area contributed by atoms with Crippen LogP contribution in [0.1, 0.15) is 37.0 Å². The Kier molecular flexibility index (Phi) is 4.77. The summed E-state index contributed by atoms with van der Waals surface area (Å²) in [7, 11) is 0. The van der Waals surface area contributed by atoms with E-state index in [-0.39, 0.29) is 17.2 Å². The molecule has 6 heteroatoms. The van der Waals surface area contributed by atoms with Gasteiger partial charge in [-0.25, -0.2) is 0 Å². The highest BCUT2D eigenvalue weighted by molar-refractivity contribution is 5.99. The second kappa shape index (κ2) is 6.56. The Bertz CT molecular complexity index is 541. The molecule has 6 nitrogen and oxygen atoms in total. The maximum atomic E-state index is 12.2. The summed E-state index contributed by atoms with van der Waals surface area (Å²) < 4.78 is 0. The minimum Gasteiger partial charge on any atom is -0.385 e. The highest BCUT2D eigenvalue weighted by Crippen LogP contribution is 2.36. The first kappa shape index (κ1) is 15.3. The molecule has 1 aromatic rings. The molecular formula is C15H21N3O3. The number of hydrogen-bond acceptors (Lipinski definition) is 4. The third-order valence-corrected chi connectivity index (χ3v) is 3.83. The number of anilines is 1. The first-order chi connectivity index (χ1) is 10.0. The summed E-state index contributed by atoms with van der Waals surface area (Å²) in [6, 6.07) is 4.53. The summed E-state index contributed by atoms with van der Waals surface area (Å²) in [5.74, 6) is 0.729. The van der Waals surface area contributed by atoms with Gasteiger partial charge in [0, 0.05) is 24.8 Å². The van der Waals surface area contributed by atoms with Gasteiger partial charge >= 0.3 is 0 Å². The van der Waals surface area contributed by atoms with Crippen molar-refractivity contribution in [1.82, 2.24) is 5.32 Å². The lowest BCUT2D eigenvalue weighted by atomic mass is 10.1. The standard InChI is InChI=1S/C15H21N3O3/c1-3-16-12-6-7-14(18(20)21)13(8-12)15(19)17-9-10(2)11-4-5-11/h6-8,10-11,16H,3-5,9H2,1-2H3,(H,17,19). The van der Waals surface area contributed by atoms with Crippen LogP contribution in [0.5, 0.6) is 0 Å². The number of carbonyl (C=O) groups is 1. The molecule has 114 valence electrons. The number of nitro groups is 1. The van der Waals surface area contributed by atoms with E-state index in [2.05, 4.69) is 17.6 Å². The van der Waals surface area contributed by atoms with Gasteiger partial charge in [-0.15, -0.1) is 0 Å². The van der Waals surface area contributed by atoms with E-state index in [1.165, 1.54) is 18.9 Å². The number of amides is 1. The number of nitrogens with one attached hydrogen (secondary N) is 2. The van der Waals surface area contributed by atoms with Gasteiger partial charge in [0.05, 0.1) is 4.92 Å². The number of nitro benzene ring substituents is 1. The zero-order chi connectivity index (χ0) is 15.4. The molecule has 1 aromatic carbocycles. The van der Waals surface area contributed by atoms with Gasteiger partial charge in [0.1, 0.15) is 5.56 Å². The molecule has 0 aliphatic heterocycles. The Balaban J connectivity index is 2.12. The number of carbonyl (C=O) groups excluding carboxylic acids is 1. The second-order valence-corrected chi connectivity index (χ2v) is 5.54. The van der Waals surface area contributed by atoms with Crippen LogP contribution in [0.2, 0.25) is 0 Å². The fraction of sp³-hybridized carbons (Fsp3) is 0.533. The smallest absolute Gasteiger partial charge is 0.282 e. The topological polar surface area (TPSA) is 84.3 Å². The molecule has 0 bridgehead atoms. The third kappa shape index (κ3) is 3.93. The van der Waals surface area contributed by atoms with Crippen LogP contribution in [-0.4, -0.2) is 23.9 Å². The first-order valence-corrected chi connectivity index (χ1v) is 7.33. The van der Waals surface area contributed by atoms with Gasteiger partial charge in [-0.1, -0.05) is 6.92 Å². The van der Waals surface area contributed by atoms with Crippen molar-refractivity contribution in [2.45, 2.75) is 26.7 Å². The molecule has 0 saturated heterocycles. The van der Waals surface area contributed by atoms with Crippen LogP contribution in [-0.2, 0) is 0 Å². The van der Waals surface area contributed by atoms with Crippen molar-refractivity contribution < 1.29 is 9.72 Å². The maximum Gasteiger partial charge on any atom is 0.282 e. The average Bonchev–Trinajstić information content (AvgIpc) is 3.29. The fourth-order valence-electron chi connectivity index (χ4n) is 2.37. The second-order valence-electron chi connectivity index (χ2n) is 5.54. The van der Waals surface area contributed by atoms with Crippen molar-refractivity contribution in [3.05, 3.63) is 33.9 Å². The molecule has 2 rings (SSSR count). The SMILES string of the molecule is CCNc1ccc([N+](=O)[O-])c(C(=O)NCC(C)C2CC2)c1. The lowest BCUT2D eigenvalue weighted by Crippen LogP contribution is -2.29. The van der Waals surface area contributed by atoms with Gasteiger partial charge < -0.3 is 10.6 Å². The molecule has 0 spiro atoms. The van der Waals surface area contributed by atoms with E-state index >= 15 is 0 Å². The molecule has 2 N–H and O–H groups in total. The molecule has 21 heavy (non-hydrogen) atoms. The molecule has 0 heterocycles. The van der Waals surface area contributed by atoms with Gasteiger partial charge in [-0.05, 0) is 43.7 Å². The quantitative estimate of drug-likeness (QED) is 0.597. The Labute approximate surface area is 124 Å². The number of hydrogen-bond donors (Lipinski definition) is 2. The molecule has 1 aliphatic carbocycles. The molecule has 1 atom stereocenters. The molecular weight excluding hydrogens is 270 g/mol. The lowest BCUT2D eigenvalue weighted by Gasteiger charge is -2.12. The van der Waals surface area contributed by atoms with E-state index in [0.29, 0.717) is 30.6 Å². The molecule has 1 saturated carbocycles. The highest BCUT2D eigenvalue weighted by atomic mass is 16.6. The van der Waals surface area contributed by atoms with E-state index in [9.17, 15) is 14.9 Å². The maximum absolute atomic E-state index is 12.2. The van der Waals surface area contributed by atoms with Crippen LogP contribution >= 0.6 is 0 Å². The summed E-state index contributed by atoms with van der Waals surface area (Å²) in [6.45, 7) is 5.28. The van der Waals surface area contributed by atoms with E-state index in [4.69, 9.17) is 0 Å². The molecule has 1 fully saturated rings. The predicted molar refractivity (Wildman–Crippen MR) is 81.5 cm³/mol. The number of benzene rings is 1. The van der Waals surface area contributed by atoms with Crippen LogP contribution in [0.15, 0.2) is 18.2 Å². The van der Waals surface area contributed by atoms with Crippen molar-refractivity contribution in [3.8, 4) is 0 Å². The van der Waals surface area contributed by atoms with Gasteiger partial charge in [0.25, 0.3) is 11.6 Å². The summed E-state index contributed by atoms with van der Waals surface area (Å²) in [5.41, 5.74) is 0.665. The summed E-state index contributed by atoms with van der Waals surface area (Å²) in [6.07, 6.45) is 2.43. The Morgan fingerprint density at radius 2 is 2.19 bits per heavy atom. The van der Waals surface area contributed by atoms with Crippen molar-refractivity contribution in [2.24, 2.45) is 11.8 Å². The van der Waals surface area contributed by atoms with E-state index in [0.717, 1.165) is 0 Å². The molecule has 1 amide bonds. The van der Waals surface area contributed by atoms with Crippen molar-refractivity contribution >= 4 is 17.3 Å². The van der Waals surface area contributed by atoms with Gasteiger partial charge in [0.2, 0.25) is 0 Å². The monoisotopic (exact) mass is 291 g/mol. The Morgan fingerprint density at radius 1 is 1.48 bits per heavy atom. The van der Waals surface area contributed by atoms with Crippen LogP contribution < -0.4 is 10.6 Å². The Morgan fingerprint density at radius 3 is 2.76 bits per heavy atom. The normalized spacial score (nSPS) is 15.3. The minimum atomic E-state index is -0.519. The van der Waals surface area contributed by atoms with E-state index < -0.39 is 4.92 Å². The number of rotatable bonds is 7. The van der Waals surface area contributed by atoms with E-state index in [1.807, 2.05) is 6.92 Å². The summed E-state index contributed by atoms with van der Waals surface area (Å²) >= 11 is 0. The molecule has 1 aliphatic rings. The van der Waals surface area contributed by atoms with E-state index in [1.54, 1.807) is 12.1 Å². The lowest BCUT2D eigenvalue weighted by molar-refractivity contribution is -0.385. The predicted octanol–water partition coefficient (Wildman–Crippen LogP) is 2.80. The Hall–Kier alpha value is -2.11. The molecule has 0 aromatic heterocycles. The van der Waals surface area contributed by atoms with Crippen molar-refractivity contribution in [3.63, 3.8) is 0 Å². The highest BCUT2D eigenvalue weighted by Gasteiger charge is 2.28. The largest absolute Gasteiger partial charge is 0.385 e. The average molecular weight is 291 g/mol. The van der Waals surface area contributed by atoms with Crippen LogP contribution in [0.3, 0.4) is 0 Å². The fourth-order valence-corrected chi connectivity index (χ4v) is 2.37. The van der Waals surface area contributed by atoms with Gasteiger partial charge in [-0.2, -0.15) is 0 Å². The zero-order valence-corrected chi connectivity index (χ0v) is 12.4. The minimum absolute atomic E-state index is 0.112. The summed E-state index contributed by atoms with van der Waals surface area (Å²) in [5, 5.41) is 16.9. The van der Waals surface area contributed by atoms with Crippen molar-refractivity contribution in [2.75, 3.05) is 18.4 Å². The van der Waals surface area contributed by atoms with Crippen LogP contribution in [0.4, 0.5) is 11.4 Å². The van der Waals surface area contributed by atoms with Gasteiger partial charge in [-0.3, -0.25) is 14.9 Å². The van der Waals surface area contributed by atoms with Crippen LogP contribution in [0.25, 0.3) is 0 Å². The van der Waals surface area contributed by atoms with Crippen LogP contribution in [0, 0.1) is 22.0 Å². The van der Waals surface area contributed by atoms with Gasteiger partial charge in [0.15, 0.2) is 0 Å². The zero-order valence-electron chi connectivity index (χ0n) is 12.4. The summed E-state index contributed by atoms with van der Waals surface area (Å²) in [4.78, 5) is 22.8. The first-order valence-electron chi connectivity index (χ1n) is 7.33.